The number of benzene rings is 1. The van der Waals surface area contributed by atoms with Crippen LogP contribution in [0.25, 0.3) is 0 Å². The van der Waals surface area contributed by atoms with Crippen molar-refractivity contribution >= 4 is 5.91 Å². The van der Waals surface area contributed by atoms with E-state index in [0.717, 1.165) is 5.56 Å². The molecule has 1 aromatic carbocycles. The summed E-state index contributed by atoms with van der Waals surface area (Å²) in [5.74, 6) is -0.828. The molecule has 0 aliphatic rings. The van der Waals surface area contributed by atoms with Crippen LogP contribution in [0, 0.1) is 12.7 Å². The van der Waals surface area contributed by atoms with E-state index in [1.807, 2.05) is 6.92 Å². The van der Waals surface area contributed by atoms with Crippen LogP contribution in [0.3, 0.4) is 0 Å². The average molecular weight is 224 g/mol. The molecule has 88 valence electrons. The molecule has 2 N–H and O–H groups in total. The number of likely N-dealkylation sites (N-methyl/N-ethyl adjacent to an activating group) is 1. The normalized spacial score (nSPS) is 12.3. The molecule has 0 aromatic heterocycles. The molecule has 1 aromatic rings. The summed E-state index contributed by atoms with van der Waals surface area (Å²) in [7, 11) is 1.62. The minimum atomic E-state index is -0.493. The Hall–Kier alpha value is -1.42. The average Bonchev–Trinajstić information content (AvgIpc) is 2.19. The van der Waals surface area contributed by atoms with Gasteiger partial charge >= 0.3 is 0 Å². The number of carbonyl (C=O) groups is 1. The number of aryl methyl sites for hydroxylation is 1. The summed E-state index contributed by atoms with van der Waals surface area (Å²) >= 11 is 0. The first-order valence-corrected chi connectivity index (χ1v) is 5.19. The van der Waals surface area contributed by atoms with Crippen molar-refractivity contribution in [2.75, 3.05) is 13.6 Å². The van der Waals surface area contributed by atoms with Crippen LogP contribution in [-0.2, 0) is 0 Å². The number of amides is 1. The Labute approximate surface area is 95.0 Å². The van der Waals surface area contributed by atoms with Crippen LogP contribution >= 0.6 is 0 Å². The third-order valence-corrected chi connectivity index (χ3v) is 2.26. The standard InChI is InChI=1S/C12H17FN2O/c1-8-4-5-11(13)10(6-8)12(16)15(3)7-9(2)14/h4-6,9H,7,14H2,1-3H3. The summed E-state index contributed by atoms with van der Waals surface area (Å²) in [6.07, 6.45) is 0. The Bertz CT molecular complexity index is 391. The maximum Gasteiger partial charge on any atom is 0.256 e. The van der Waals surface area contributed by atoms with Gasteiger partial charge < -0.3 is 10.6 Å². The molecule has 0 radical (unpaired) electrons. The highest BCUT2D eigenvalue weighted by atomic mass is 19.1. The van der Waals surface area contributed by atoms with Gasteiger partial charge in [-0.15, -0.1) is 0 Å². The SMILES string of the molecule is Cc1ccc(F)c(C(=O)N(C)CC(C)N)c1. The molecular weight excluding hydrogens is 207 g/mol. The van der Waals surface area contributed by atoms with E-state index in [4.69, 9.17) is 5.73 Å². The van der Waals surface area contributed by atoms with E-state index >= 15 is 0 Å². The molecule has 0 spiro atoms. The molecule has 3 nitrogen and oxygen atoms in total. The van der Waals surface area contributed by atoms with Gasteiger partial charge in [0.1, 0.15) is 5.82 Å². The minimum absolute atomic E-state index is 0.100. The van der Waals surface area contributed by atoms with E-state index < -0.39 is 5.82 Å². The molecule has 0 saturated carbocycles. The molecule has 1 atom stereocenters. The van der Waals surface area contributed by atoms with Crippen molar-refractivity contribution in [3.63, 3.8) is 0 Å². The van der Waals surface area contributed by atoms with Gasteiger partial charge in [-0.3, -0.25) is 4.79 Å². The van der Waals surface area contributed by atoms with E-state index in [1.165, 1.54) is 11.0 Å². The van der Waals surface area contributed by atoms with Crippen LogP contribution in [0.1, 0.15) is 22.8 Å². The lowest BCUT2D eigenvalue weighted by Gasteiger charge is -2.19. The summed E-state index contributed by atoms with van der Waals surface area (Å²) in [5, 5.41) is 0. The lowest BCUT2D eigenvalue weighted by Crippen LogP contribution is -2.37. The summed E-state index contributed by atoms with van der Waals surface area (Å²) in [5.41, 5.74) is 6.55. The Kier molecular flexibility index (Phi) is 4.01. The molecule has 0 saturated heterocycles. The molecule has 1 rings (SSSR count). The highest BCUT2D eigenvalue weighted by Gasteiger charge is 2.16. The molecule has 0 aliphatic carbocycles. The molecule has 1 unspecified atom stereocenters. The van der Waals surface area contributed by atoms with E-state index in [-0.39, 0.29) is 17.5 Å². The zero-order valence-corrected chi connectivity index (χ0v) is 9.83. The zero-order valence-electron chi connectivity index (χ0n) is 9.83. The summed E-state index contributed by atoms with van der Waals surface area (Å²) in [6, 6.07) is 4.37. The topological polar surface area (TPSA) is 46.3 Å². The Morgan fingerprint density at radius 1 is 1.56 bits per heavy atom. The highest BCUT2D eigenvalue weighted by Crippen LogP contribution is 2.12. The van der Waals surface area contributed by atoms with Crippen LogP contribution in [0.2, 0.25) is 0 Å². The molecule has 0 aliphatic heterocycles. The summed E-state index contributed by atoms with van der Waals surface area (Å²) < 4.78 is 13.4. The largest absolute Gasteiger partial charge is 0.340 e. The predicted octanol–water partition coefficient (Wildman–Crippen LogP) is 1.55. The van der Waals surface area contributed by atoms with Gasteiger partial charge in [-0.1, -0.05) is 11.6 Å². The molecule has 0 heterocycles. The van der Waals surface area contributed by atoms with E-state index in [2.05, 4.69) is 0 Å². The van der Waals surface area contributed by atoms with E-state index in [1.54, 1.807) is 26.1 Å². The fourth-order valence-electron chi connectivity index (χ4n) is 1.52. The van der Waals surface area contributed by atoms with Crippen LogP contribution in [0.4, 0.5) is 4.39 Å². The maximum absolute atomic E-state index is 13.4. The zero-order chi connectivity index (χ0) is 12.3. The van der Waals surface area contributed by atoms with Crippen LogP contribution < -0.4 is 5.73 Å². The van der Waals surface area contributed by atoms with Crippen molar-refractivity contribution in [3.8, 4) is 0 Å². The molecule has 0 fully saturated rings. The van der Waals surface area contributed by atoms with E-state index in [0.29, 0.717) is 6.54 Å². The number of nitrogens with two attached hydrogens (primary N) is 1. The first-order valence-electron chi connectivity index (χ1n) is 5.19. The first kappa shape index (κ1) is 12.6. The Balaban J connectivity index is 2.91. The number of nitrogens with zero attached hydrogens (tertiary/aromatic N) is 1. The fraction of sp³-hybridized carbons (Fsp3) is 0.417. The lowest BCUT2D eigenvalue weighted by molar-refractivity contribution is 0.0784. The smallest absolute Gasteiger partial charge is 0.256 e. The summed E-state index contributed by atoms with van der Waals surface area (Å²) in [4.78, 5) is 13.3. The first-order chi connectivity index (χ1) is 7.41. The maximum atomic E-state index is 13.4. The monoisotopic (exact) mass is 224 g/mol. The summed E-state index contributed by atoms with van der Waals surface area (Å²) in [6.45, 7) is 4.03. The third kappa shape index (κ3) is 3.03. The number of hydrogen-bond donors (Lipinski definition) is 1. The quantitative estimate of drug-likeness (QED) is 0.846. The van der Waals surface area contributed by atoms with Gasteiger partial charge in [-0.05, 0) is 26.0 Å². The van der Waals surface area contributed by atoms with Crippen molar-refractivity contribution in [2.24, 2.45) is 5.73 Å². The Morgan fingerprint density at radius 2 is 2.19 bits per heavy atom. The van der Waals surface area contributed by atoms with Crippen molar-refractivity contribution in [3.05, 3.63) is 35.1 Å². The van der Waals surface area contributed by atoms with E-state index in [9.17, 15) is 9.18 Å². The van der Waals surface area contributed by atoms with Crippen LogP contribution in [0.5, 0.6) is 0 Å². The van der Waals surface area contributed by atoms with Crippen LogP contribution in [-0.4, -0.2) is 30.4 Å². The van der Waals surface area contributed by atoms with Gasteiger partial charge in [0.25, 0.3) is 5.91 Å². The van der Waals surface area contributed by atoms with Crippen molar-refractivity contribution in [2.45, 2.75) is 19.9 Å². The number of hydrogen-bond acceptors (Lipinski definition) is 2. The van der Waals surface area contributed by atoms with Crippen molar-refractivity contribution in [1.29, 1.82) is 0 Å². The second-order valence-electron chi connectivity index (χ2n) is 4.15. The highest BCUT2D eigenvalue weighted by molar-refractivity contribution is 5.94. The lowest BCUT2D eigenvalue weighted by atomic mass is 10.1. The van der Waals surface area contributed by atoms with Crippen molar-refractivity contribution < 1.29 is 9.18 Å². The van der Waals surface area contributed by atoms with Crippen molar-refractivity contribution in [1.82, 2.24) is 4.90 Å². The Morgan fingerprint density at radius 3 is 2.75 bits per heavy atom. The molecule has 4 heteroatoms. The molecular formula is C12H17FN2O. The van der Waals surface area contributed by atoms with Gasteiger partial charge in [-0.25, -0.2) is 4.39 Å². The van der Waals surface area contributed by atoms with Gasteiger partial charge in [0.2, 0.25) is 0 Å². The van der Waals surface area contributed by atoms with Crippen LogP contribution in [0.15, 0.2) is 18.2 Å². The number of halogens is 1. The second-order valence-corrected chi connectivity index (χ2v) is 4.15. The van der Waals surface area contributed by atoms with Gasteiger partial charge in [0.15, 0.2) is 0 Å². The molecule has 16 heavy (non-hydrogen) atoms. The molecule has 1 amide bonds. The van der Waals surface area contributed by atoms with Gasteiger partial charge in [-0.2, -0.15) is 0 Å². The third-order valence-electron chi connectivity index (χ3n) is 2.26. The number of rotatable bonds is 3. The predicted molar refractivity (Wildman–Crippen MR) is 61.7 cm³/mol. The minimum Gasteiger partial charge on any atom is -0.340 e. The van der Waals surface area contributed by atoms with Gasteiger partial charge in [0, 0.05) is 19.6 Å². The number of carbonyl (C=O) groups excluding carboxylic acids is 1. The second kappa shape index (κ2) is 5.07. The van der Waals surface area contributed by atoms with Gasteiger partial charge in [0.05, 0.1) is 5.56 Å². The fourth-order valence-corrected chi connectivity index (χ4v) is 1.52. The molecule has 0 bridgehead atoms.